The maximum atomic E-state index is 12.6. The van der Waals surface area contributed by atoms with Gasteiger partial charge in [-0.2, -0.15) is 0 Å². The average Bonchev–Trinajstić information content (AvgIpc) is 3.41. The van der Waals surface area contributed by atoms with Crippen LogP contribution < -0.4 is 10.6 Å². The number of nitrogens with zero attached hydrogens (tertiary/aromatic N) is 5. The van der Waals surface area contributed by atoms with Gasteiger partial charge in [0.25, 0.3) is 5.91 Å². The fraction of sp³-hybridized carbons (Fsp3) is 0.476. The van der Waals surface area contributed by atoms with E-state index >= 15 is 0 Å². The summed E-state index contributed by atoms with van der Waals surface area (Å²) in [7, 11) is 0. The third-order valence-corrected chi connectivity index (χ3v) is 5.67. The summed E-state index contributed by atoms with van der Waals surface area (Å²) in [5.41, 5.74) is 1.42. The third kappa shape index (κ3) is 4.50. The van der Waals surface area contributed by atoms with E-state index < -0.39 is 0 Å². The molecule has 0 radical (unpaired) electrons. The molecule has 1 aliphatic rings. The van der Waals surface area contributed by atoms with Crippen molar-refractivity contribution in [1.82, 2.24) is 34.8 Å². The minimum atomic E-state index is -0.0891. The molecule has 3 aromatic rings. The second-order valence-corrected chi connectivity index (χ2v) is 7.79. The van der Waals surface area contributed by atoms with Crippen LogP contribution in [0.3, 0.4) is 0 Å². The quantitative estimate of drug-likeness (QED) is 0.620. The lowest BCUT2D eigenvalue weighted by Gasteiger charge is -2.28. The van der Waals surface area contributed by atoms with Gasteiger partial charge in [-0.15, -0.1) is 10.2 Å². The first-order valence-electron chi connectivity index (χ1n) is 10.5. The van der Waals surface area contributed by atoms with Crippen molar-refractivity contribution in [3.63, 3.8) is 0 Å². The van der Waals surface area contributed by atoms with E-state index in [1.807, 2.05) is 21.2 Å². The molecule has 0 saturated heterocycles. The summed E-state index contributed by atoms with van der Waals surface area (Å²) in [6, 6.07) is 3.71. The number of pyridine rings is 1. The lowest BCUT2D eigenvalue weighted by Crippen LogP contribution is -2.41. The van der Waals surface area contributed by atoms with E-state index in [1.54, 1.807) is 24.8 Å². The molecule has 0 aliphatic heterocycles. The Balaban J connectivity index is 1.24. The van der Waals surface area contributed by atoms with Crippen LogP contribution in [0.1, 0.15) is 55.2 Å². The van der Waals surface area contributed by atoms with Crippen molar-refractivity contribution >= 4 is 17.5 Å². The highest BCUT2D eigenvalue weighted by molar-refractivity contribution is 5.94. The minimum absolute atomic E-state index is 0.0250. The molecule has 9 heteroatoms. The third-order valence-electron chi connectivity index (χ3n) is 5.67. The molecule has 0 atom stereocenters. The number of imidazole rings is 1. The van der Waals surface area contributed by atoms with Gasteiger partial charge < -0.3 is 19.6 Å². The molecule has 0 bridgehead atoms. The Bertz CT molecular complexity index is 1020. The molecular formula is C21H27N7O2. The molecule has 0 spiro atoms. The van der Waals surface area contributed by atoms with Crippen molar-refractivity contribution in [2.24, 2.45) is 5.92 Å². The van der Waals surface area contributed by atoms with Crippen molar-refractivity contribution in [2.75, 3.05) is 0 Å². The molecule has 0 aromatic carbocycles. The first kappa shape index (κ1) is 20.1. The van der Waals surface area contributed by atoms with Gasteiger partial charge in [-0.05, 0) is 44.2 Å². The van der Waals surface area contributed by atoms with Gasteiger partial charge in [-0.3, -0.25) is 9.59 Å². The van der Waals surface area contributed by atoms with Gasteiger partial charge >= 0.3 is 0 Å². The van der Waals surface area contributed by atoms with Crippen LogP contribution >= 0.6 is 0 Å². The zero-order valence-corrected chi connectivity index (χ0v) is 17.1. The van der Waals surface area contributed by atoms with Gasteiger partial charge in [0.2, 0.25) is 5.91 Å². The Kier molecular flexibility index (Phi) is 6.06. The zero-order valence-electron chi connectivity index (χ0n) is 17.1. The van der Waals surface area contributed by atoms with E-state index in [0.29, 0.717) is 12.1 Å². The highest BCUT2D eigenvalue weighted by Gasteiger charge is 2.27. The summed E-state index contributed by atoms with van der Waals surface area (Å²) in [6.07, 6.45) is 11.1. The van der Waals surface area contributed by atoms with E-state index in [-0.39, 0.29) is 23.8 Å². The van der Waals surface area contributed by atoms with Crippen LogP contribution in [-0.4, -0.2) is 42.0 Å². The van der Waals surface area contributed by atoms with Gasteiger partial charge in [0, 0.05) is 37.1 Å². The number of hydrogen-bond acceptors (Lipinski definition) is 5. The number of hydrogen-bond donors (Lipinski definition) is 2. The highest BCUT2D eigenvalue weighted by Crippen LogP contribution is 2.25. The summed E-state index contributed by atoms with van der Waals surface area (Å²) in [5.74, 6) is 0.717. The molecule has 0 unspecified atom stereocenters. The van der Waals surface area contributed by atoms with Gasteiger partial charge in [-0.25, -0.2) is 4.98 Å². The number of fused-ring (bicyclic) bond motifs is 1. The largest absolute Gasteiger partial charge is 0.349 e. The number of carbonyl (C=O) groups excluding carboxylic acids is 2. The van der Waals surface area contributed by atoms with E-state index in [2.05, 4.69) is 32.7 Å². The highest BCUT2D eigenvalue weighted by atomic mass is 16.2. The maximum absolute atomic E-state index is 12.6. The normalized spacial score (nSPS) is 19.0. The van der Waals surface area contributed by atoms with E-state index in [9.17, 15) is 9.59 Å². The predicted molar refractivity (Wildman–Crippen MR) is 111 cm³/mol. The number of carbonyl (C=O) groups is 2. The average molecular weight is 409 g/mol. The Hall–Kier alpha value is -3.23. The molecule has 9 nitrogen and oxygen atoms in total. The van der Waals surface area contributed by atoms with E-state index in [4.69, 9.17) is 0 Å². The molecule has 2 N–H and O–H groups in total. The molecule has 30 heavy (non-hydrogen) atoms. The molecule has 4 rings (SSSR count). The van der Waals surface area contributed by atoms with Crippen molar-refractivity contribution < 1.29 is 9.59 Å². The van der Waals surface area contributed by atoms with Crippen molar-refractivity contribution in [3.05, 3.63) is 48.4 Å². The van der Waals surface area contributed by atoms with Crippen LogP contribution in [-0.2, 0) is 17.9 Å². The summed E-state index contributed by atoms with van der Waals surface area (Å²) >= 11 is 0. The summed E-state index contributed by atoms with van der Waals surface area (Å²) in [6.45, 7) is 3.33. The van der Waals surface area contributed by atoms with Gasteiger partial charge in [0.1, 0.15) is 12.0 Å². The zero-order chi connectivity index (χ0) is 20.9. The van der Waals surface area contributed by atoms with Gasteiger partial charge in [0.15, 0.2) is 5.82 Å². The van der Waals surface area contributed by atoms with Crippen molar-refractivity contribution in [2.45, 2.75) is 58.2 Å². The van der Waals surface area contributed by atoms with Crippen LogP contribution in [0.4, 0.5) is 0 Å². The topological polar surface area (TPSA) is 106 Å². The Morgan fingerprint density at radius 1 is 1.20 bits per heavy atom. The van der Waals surface area contributed by atoms with Crippen LogP contribution in [0.2, 0.25) is 0 Å². The predicted octanol–water partition coefficient (Wildman–Crippen LogP) is 1.94. The molecule has 1 aliphatic carbocycles. The fourth-order valence-corrected chi connectivity index (χ4v) is 3.98. The SMILES string of the molecule is CCCn1cnnc1CNC(=O)C1CCC(NC(=O)c2ccc3nccn3c2)CC1. The lowest BCUT2D eigenvalue weighted by molar-refractivity contribution is -0.126. The lowest BCUT2D eigenvalue weighted by atomic mass is 9.85. The minimum Gasteiger partial charge on any atom is -0.349 e. The molecule has 2 amide bonds. The smallest absolute Gasteiger partial charge is 0.252 e. The second kappa shape index (κ2) is 9.06. The Labute approximate surface area is 174 Å². The summed E-state index contributed by atoms with van der Waals surface area (Å²) < 4.78 is 3.80. The van der Waals surface area contributed by atoms with Crippen LogP contribution in [0.15, 0.2) is 37.1 Å². The monoisotopic (exact) mass is 409 g/mol. The molecule has 158 valence electrons. The number of rotatable bonds is 7. The Morgan fingerprint density at radius 3 is 2.83 bits per heavy atom. The van der Waals surface area contributed by atoms with Crippen LogP contribution in [0.25, 0.3) is 5.65 Å². The second-order valence-electron chi connectivity index (χ2n) is 7.79. The first-order chi connectivity index (χ1) is 14.6. The maximum Gasteiger partial charge on any atom is 0.252 e. The van der Waals surface area contributed by atoms with Crippen molar-refractivity contribution in [3.8, 4) is 0 Å². The molecular weight excluding hydrogens is 382 g/mol. The van der Waals surface area contributed by atoms with Crippen LogP contribution in [0.5, 0.6) is 0 Å². The number of amides is 2. The van der Waals surface area contributed by atoms with E-state index in [0.717, 1.165) is 50.1 Å². The molecule has 3 heterocycles. The fourth-order valence-electron chi connectivity index (χ4n) is 3.98. The van der Waals surface area contributed by atoms with Gasteiger partial charge in [0.05, 0.1) is 12.1 Å². The molecule has 1 fully saturated rings. The molecule has 3 aromatic heterocycles. The number of aryl methyl sites for hydroxylation is 1. The Morgan fingerprint density at radius 2 is 2.03 bits per heavy atom. The number of nitrogens with one attached hydrogen (secondary N) is 2. The van der Waals surface area contributed by atoms with Crippen molar-refractivity contribution in [1.29, 1.82) is 0 Å². The summed E-state index contributed by atoms with van der Waals surface area (Å²) in [5, 5.41) is 14.1. The summed E-state index contributed by atoms with van der Waals surface area (Å²) in [4.78, 5) is 29.3. The molecule has 1 saturated carbocycles. The standard InChI is InChI=1S/C21H27N7O2/c1-2-10-28-14-24-26-19(28)12-23-20(29)15-3-6-17(7-4-15)25-21(30)16-5-8-18-22-9-11-27(18)13-16/h5,8-9,11,13-15,17H,2-4,6-7,10,12H2,1H3,(H,23,29)(H,25,30). The van der Waals surface area contributed by atoms with Crippen LogP contribution in [0, 0.1) is 5.92 Å². The van der Waals surface area contributed by atoms with E-state index in [1.165, 1.54) is 0 Å². The van der Waals surface area contributed by atoms with Gasteiger partial charge in [-0.1, -0.05) is 6.92 Å². The first-order valence-corrected chi connectivity index (χ1v) is 10.5. The number of aromatic nitrogens is 5.